The van der Waals surface area contributed by atoms with Crippen LogP contribution < -0.4 is 16.0 Å². The number of anilines is 4. The zero-order valence-electron chi connectivity index (χ0n) is 11.4. The van der Waals surface area contributed by atoms with E-state index < -0.39 is 0 Å². The fourth-order valence-electron chi connectivity index (χ4n) is 1.96. The van der Waals surface area contributed by atoms with Crippen molar-refractivity contribution in [1.29, 1.82) is 0 Å². The molecule has 0 heterocycles. The summed E-state index contributed by atoms with van der Waals surface area (Å²) in [5.74, 6) is 0. The van der Waals surface area contributed by atoms with Crippen LogP contribution in [0.5, 0.6) is 0 Å². The summed E-state index contributed by atoms with van der Waals surface area (Å²) in [6.45, 7) is 2.09. The van der Waals surface area contributed by atoms with Crippen molar-refractivity contribution < 1.29 is 0 Å². The van der Waals surface area contributed by atoms with Crippen LogP contribution in [-0.4, -0.2) is 14.1 Å². The zero-order chi connectivity index (χ0) is 14.0. The van der Waals surface area contributed by atoms with E-state index >= 15 is 0 Å². The van der Waals surface area contributed by atoms with Gasteiger partial charge in [-0.05, 0) is 42.8 Å². The second kappa shape index (κ2) is 5.41. The third-order valence-electron chi connectivity index (χ3n) is 2.99. The van der Waals surface area contributed by atoms with Gasteiger partial charge in [0.2, 0.25) is 0 Å². The average molecular weight is 276 g/mol. The number of aryl methyl sites for hydroxylation is 1. The number of nitrogens with zero attached hydrogens (tertiary/aromatic N) is 1. The summed E-state index contributed by atoms with van der Waals surface area (Å²) in [5, 5.41) is 3.96. The maximum Gasteiger partial charge on any atom is 0.0632 e. The van der Waals surface area contributed by atoms with Crippen molar-refractivity contribution >= 4 is 34.4 Å². The molecule has 0 aliphatic heterocycles. The topological polar surface area (TPSA) is 41.3 Å². The van der Waals surface area contributed by atoms with Gasteiger partial charge in [0.1, 0.15) is 0 Å². The van der Waals surface area contributed by atoms with Crippen molar-refractivity contribution in [3.05, 3.63) is 47.0 Å². The van der Waals surface area contributed by atoms with Crippen molar-refractivity contribution in [2.45, 2.75) is 6.92 Å². The smallest absolute Gasteiger partial charge is 0.0632 e. The Hall–Kier alpha value is -1.87. The molecule has 0 atom stereocenters. The van der Waals surface area contributed by atoms with Crippen LogP contribution in [0.2, 0.25) is 5.02 Å². The van der Waals surface area contributed by atoms with E-state index in [0.29, 0.717) is 10.7 Å². The standard InChI is InChI=1S/C15H18ClN3/c1-10-4-6-12(9-15(10)19(2)3)18-14-8-11(16)5-7-13(14)17/h4-9,18H,17H2,1-3H3. The van der Waals surface area contributed by atoms with Gasteiger partial charge in [-0.2, -0.15) is 0 Å². The van der Waals surface area contributed by atoms with E-state index in [9.17, 15) is 0 Å². The second-order valence-electron chi connectivity index (χ2n) is 4.75. The molecule has 0 saturated carbocycles. The molecule has 19 heavy (non-hydrogen) atoms. The Morgan fingerprint density at radius 2 is 1.84 bits per heavy atom. The van der Waals surface area contributed by atoms with E-state index in [1.807, 2.05) is 26.2 Å². The lowest BCUT2D eigenvalue weighted by atomic mass is 10.1. The number of nitrogens with two attached hydrogens (primary N) is 1. The van der Waals surface area contributed by atoms with Gasteiger partial charge in [-0.1, -0.05) is 17.7 Å². The van der Waals surface area contributed by atoms with E-state index in [0.717, 1.165) is 11.4 Å². The third-order valence-corrected chi connectivity index (χ3v) is 3.22. The quantitative estimate of drug-likeness (QED) is 0.831. The summed E-state index contributed by atoms with van der Waals surface area (Å²) < 4.78 is 0. The monoisotopic (exact) mass is 275 g/mol. The SMILES string of the molecule is Cc1ccc(Nc2cc(Cl)ccc2N)cc1N(C)C. The highest BCUT2D eigenvalue weighted by Crippen LogP contribution is 2.29. The highest BCUT2D eigenvalue weighted by Gasteiger charge is 2.05. The van der Waals surface area contributed by atoms with Crippen LogP contribution in [0.15, 0.2) is 36.4 Å². The molecule has 3 N–H and O–H groups in total. The highest BCUT2D eigenvalue weighted by atomic mass is 35.5. The van der Waals surface area contributed by atoms with Crippen LogP contribution in [0.3, 0.4) is 0 Å². The van der Waals surface area contributed by atoms with Gasteiger partial charge in [-0.3, -0.25) is 0 Å². The molecular formula is C15H18ClN3. The molecule has 2 aromatic rings. The third kappa shape index (κ3) is 3.12. The normalized spacial score (nSPS) is 10.3. The van der Waals surface area contributed by atoms with Crippen molar-refractivity contribution in [1.82, 2.24) is 0 Å². The molecule has 0 aromatic heterocycles. The summed E-state index contributed by atoms with van der Waals surface area (Å²) in [4.78, 5) is 2.09. The average Bonchev–Trinajstić information content (AvgIpc) is 2.36. The Morgan fingerprint density at radius 1 is 1.11 bits per heavy atom. The van der Waals surface area contributed by atoms with Gasteiger partial charge in [0.05, 0.1) is 11.4 Å². The van der Waals surface area contributed by atoms with E-state index in [2.05, 4.69) is 29.3 Å². The Bertz CT molecular complexity index is 594. The fraction of sp³-hybridized carbons (Fsp3) is 0.200. The molecule has 0 aliphatic carbocycles. The maximum absolute atomic E-state index is 5.99. The van der Waals surface area contributed by atoms with Crippen molar-refractivity contribution in [2.75, 3.05) is 30.0 Å². The Morgan fingerprint density at radius 3 is 2.53 bits per heavy atom. The molecule has 0 saturated heterocycles. The lowest BCUT2D eigenvalue weighted by Gasteiger charge is -2.18. The van der Waals surface area contributed by atoms with E-state index in [1.54, 1.807) is 12.1 Å². The number of hydrogen-bond acceptors (Lipinski definition) is 3. The molecule has 2 rings (SSSR count). The molecule has 2 aromatic carbocycles. The van der Waals surface area contributed by atoms with E-state index in [-0.39, 0.29) is 0 Å². The van der Waals surface area contributed by atoms with Crippen LogP contribution in [0.1, 0.15) is 5.56 Å². The second-order valence-corrected chi connectivity index (χ2v) is 5.19. The van der Waals surface area contributed by atoms with Gasteiger partial charge in [-0.25, -0.2) is 0 Å². The van der Waals surface area contributed by atoms with Crippen molar-refractivity contribution in [3.8, 4) is 0 Å². The molecule has 0 bridgehead atoms. The van der Waals surface area contributed by atoms with E-state index in [1.165, 1.54) is 11.3 Å². The lowest BCUT2D eigenvalue weighted by molar-refractivity contribution is 1.11. The molecule has 0 fully saturated rings. The highest BCUT2D eigenvalue weighted by molar-refractivity contribution is 6.31. The molecule has 100 valence electrons. The first-order valence-electron chi connectivity index (χ1n) is 6.07. The summed E-state index contributed by atoms with van der Waals surface area (Å²) in [6.07, 6.45) is 0. The number of hydrogen-bond donors (Lipinski definition) is 2. The molecule has 0 amide bonds. The molecule has 0 unspecified atom stereocenters. The molecule has 0 spiro atoms. The molecule has 3 nitrogen and oxygen atoms in total. The fourth-order valence-corrected chi connectivity index (χ4v) is 2.13. The van der Waals surface area contributed by atoms with Gasteiger partial charge < -0.3 is 16.0 Å². The largest absolute Gasteiger partial charge is 0.397 e. The van der Waals surface area contributed by atoms with Crippen molar-refractivity contribution in [2.24, 2.45) is 0 Å². The minimum atomic E-state index is 0.664. The van der Waals surface area contributed by atoms with Crippen molar-refractivity contribution in [3.63, 3.8) is 0 Å². The molecule has 4 heteroatoms. The molecule has 0 aliphatic rings. The molecular weight excluding hydrogens is 258 g/mol. The first-order valence-corrected chi connectivity index (χ1v) is 6.45. The number of benzene rings is 2. The first kappa shape index (κ1) is 13.6. The number of nitrogens with one attached hydrogen (secondary N) is 1. The van der Waals surface area contributed by atoms with Gasteiger partial charge in [0.15, 0.2) is 0 Å². The first-order chi connectivity index (χ1) is 8.97. The zero-order valence-corrected chi connectivity index (χ0v) is 12.1. The summed E-state index contributed by atoms with van der Waals surface area (Å²) in [7, 11) is 4.06. The minimum Gasteiger partial charge on any atom is -0.397 e. The Labute approximate surface area is 119 Å². The van der Waals surface area contributed by atoms with E-state index in [4.69, 9.17) is 17.3 Å². The van der Waals surface area contributed by atoms with Crippen LogP contribution >= 0.6 is 11.6 Å². The van der Waals surface area contributed by atoms with Gasteiger partial charge in [0, 0.05) is 30.5 Å². The predicted octanol–water partition coefficient (Wildman–Crippen LogP) is 4.04. The van der Waals surface area contributed by atoms with Gasteiger partial charge >= 0.3 is 0 Å². The number of nitrogen functional groups attached to an aromatic ring is 1. The van der Waals surface area contributed by atoms with Gasteiger partial charge in [0.25, 0.3) is 0 Å². The summed E-state index contributed by atoms with van der Waals surface area (Å²) in [5.41, 5.74) is 10.8. The van der Waals surface area contributed by atoms with Crippen LogP contribution in [-0.2, 0) is 0 Å². The van der Waals surface area contributed by atoms with Crippen LogP contribution in [0.25, 0.3) is 0 Å². The Kier molecular flexibility index (Phi) is 3.86. The van der Waals surface area contributed by atoms with Crippen LogP contribution in [0.4, 0.5) is 22.7 Å². The lowest BCUT2D eigenvalue weighted by Crippen LogP contribution is -2.10. The number of rotatable bonds is 3. The minimum absolute atomic E-state index is 0.664. The van der Waals surface area contributed by atoms with Gasteiger partial charge in [-0.15, -0.1) is 0 Å². The predicted molar refractivity (Wildman–Crippen MR) is 84.7 cm³/mol. The van der Waals surface area contributed by atoms with Crippen LogP contribution in [0, 0.1) is 6.92 Å². The molecule has 0 radical (unpaired) electrons. The summed E-state index contributed by atoms with van der Waals surface area (Å²) in [6, 6.07) is 11.6. The number of halogens is 1. The summed E-state index contributed by atoms with van der Waals surface area (Å²) >= 11 is 5.99. The maximum atomic E-state index is 5.99. The Balaban J connectivity index is 2.33.